The number of rotatable bonds is 8. The Morgan fingerprint density at radius 1 is 1.12 bits per heavy atom. The Kier molecular flexibility index (Phi) is 10.4. The minimum Gasteiger partial charge on any atom is -0.483 e. The van der Waals surface area contributed by atoms with Crippen molar-refractivity contribution in [2.45, 2.75) is 38.1 Å². The van der Waals surface area contributed by atoms with E-state index in [-0.39, 0.29) is 19.0 Å². The van der Waals surface area contributed by atoms with Gasteiger partial charge in [0.1, 0.15) is 0 Å². The van der Waals surface area contributed by atoms with E-state index in [0.717, 1.165) is 64.2 Å². The van der Waals surface area contributed by atoms with Gasteiger partial charge in [0.2, 0.25) is 17.6 Å². The molecule has 0 unspecified atom stereocenters. The Labute approximate surface area is 199 Å². The van der Waals surface area contributed by atoms with Gasteiger partial charge in [-0.1, -0.05) is 5.16 Å². The average Bonchev–Trinajstić information content (AvgIpc) is 3.35. The summed E-state index contributed by atoms with van der Waals surface area (Å²) in [5.41, 5.74) is 0.874. The number of aryl methyl sites for hydroxylation is 1. The van der Waals surface area contributed by atoms with Crippen molar-refractivity contribution in [3.8, 4) is 11.4 Å². The summed E-state index contributed by atoms with van der Waals surface area (Å²) in [4.78, 5) is 36.3. The zero-order chi connectivity index (χ0) is 24.2. The quantitative estimate of drug-likeness (QED) is 0.528. The molecular weight excluding hydrogens is 440 g/mol. The fraction of sp³-hybridized carbons (Fsp3) is 0.609. The standard InChI is InChI=1S/C22H32N6O3.CH2O2/c29-17-16-26-12-14-27(15-13-26)19-6-10-28(11-7-19)21(30)3-1-2-20-24-22(25-31-20)18-4-8-23-9-5-18;2-1-3/h4-5,8-9,19,29H,1-3,6-7,10-17H2;1H,(H,2,3). The average molecular weight is 475 g/mol. The molecule has 11 heteroatoms. The summed E-state index contributed by atoms with van der Waals surface area (Å²) in [5, 5.41) is 20.0. The molecule has 4 rings (SSSR count). The van der Waals surface area contributed by atoms with Crippen molar-refractivity contribution < 1.29 is 24.3 Å². The summed E-state index contributed by atoms with van der Waals surface area (Å²) in [5.74, 6) is 1.35. The molecule has 0 bridgehead atoms. The van der Waals surface area contributed by atoms with Crippen molar-refractivity contribution in [2.24, 2.45) is 0 Å². The molecule has 1 amide bonds. The van der Waals surface area contributed by atoms with Gasteiger partial charge in [-0.05, 0) is 31.4 Å². The second-order valence-electron chi connectivity index (χ2n) is 8.42. The highest BCUT2D eigenvalue weighted by molar-refractivity contribution is 5.76. The van der Waals surface area contributed by atoms with Gasteiger partial charge in [0.05, 0.1) is 6.61 Å². The van der Waals surface area contributed by atoms with E-state index in [1.807, 2.05) is 17.0 Å². The van der Waals surface area contributed by atoms with Crippen molar-refractivity contribution in [1.29, 1.82) is 0 Å². The first kappa shape index (κ1) is 25.7. The van der Waals surface area contributed by atoms with E-state index < -0.39 is 0 Å². The molecule has 2 aromatic rings. The van der Waals surface area contributed by atoms with Crippen LogP contribution in [0, 0.1) is 0 Å². The summed E-state index contributed by atoms with van der Waals surface area (Å²) in [7, 11) is 0. The lowest BCUT2D eigenvalue weighted by atomic mass is 10.0. The van der Waals surface area contributed by atoms with Crippen LogP contribution >= 0.6 is 0 Å². The summed E-state index contributed by atoms with van der Waals surface area (Å²) >= 11 is 0. The minimum atomic E-state index is -0.250. The highest BCUT2D eigenvalue weighted by Gasteiger charge is 2.28. The molecule has 0 radical (unpaired) electrons. The fourth-order valence-corrected chi connectivity index (χ4v) is 4.50. The van der Waals surface area contributed by atoms with Crippen LogP contribution in [0.1, 0.15) is 31.6 Å². The number of hydrogen-bond acceptors (Lipinski definition) is 9. The molecule has 0 aliphatic carbocycles. The molecule has 2 aromatic heterocycles. The number of aromatic nitrogens is 3. The molecule has 0 atom stereocenters. The molecule has 34 heavy (non-hydrogen) atoms. The maximum absolute atomic E-state index is 12.6. The van der Waals surface area contributed by atoms with Crippen LogP contribution in [0.3, 0.4) is 0 Å². The smallest absolute Gasteiger partial charge is 0.290 e. The second-order valence-corrected chi connectivity index (χ2v) is 8.42. The van der Waals surface area contributed by atoms with E-state index in [1.165, 1.54) is 0 Å². The molecule has 2 aliphatic heterocycles. The highest BCUT2D eigenvalue weighted by atomic mass is 16.5. The van der Waals surface area contributed by atoms with Gasteiger partial charge in [-0.3, -0.25) is 24.4 Å². The Morgan fingerprint density at radius 3 is 2.44 bits per heavy atom. The van der Waals surface area contributed by atoms with Crippen LogP contribution in [0.4, 0.5) is 0 Å². The van der Waals surface area contributed by atoms with Crippen LogP contribution < -0.4 is 0 Å². The number of nitrogens with zero attached hydrogens (tertiary/aromatic N) is 6. The summed E-state index contributed by atoms with van der Waals surface area (Å²) < 4.78 is 5.32. The van der Waals surface area contributed by atoms with Gasteiger partial charge in [-0.2, -0.15) is 4.98 Å². The van der Waals surface area contributed by atoms with Crippen molar-refractivity contribution in [1.82, 2.24) is 29.8 Å². The van der Waals surface area contributed by atoms with Gasteiger partial charge in [-0.25, -0.2) is 0 Å². The Balaban J connectivity index is 0.00000103. The maximum Gasteiger partial charge on any atom is 0.290 e. The lowest BCUT2D eigenvalue weighted by Crippen LogP contribution is -2.54. The van der Waals surface area contributed by atoms with Crippen LogP contribution in [0.2, 0.25) is 0 Å². The number of hydrogen-bond donors (Lipinski definition) is 2. The van der Waals surface area contributed by atoms with E-state index >= 15 is 0 Å². The molecule has 186 valence electrons. The molecule has 2 fully saturated rings. The van der Waals surface area contributed by atoms with Gasteiger partial charge in [0, 0.05) is 82.7 Å². The summed E-state index contributed by atoms with van der Waals surface area (Å²) in [6.45, 7) is 6.61. The van der Waals surface area contributed by atoms with Crippen molar-refractivity contribution in [3.63, 3.8) is 0 Å². The van der Waals surface area contributed by atoms with E-state index in [0.29, 0.717) is 37.0 Å². The van der Waals surface area contributed by atoms with E-state index in [1.54, 1.807) is 12.4 Å². The molecular formula is C23H34N6O5. The number of carbonyl (C=O) groups is 2. The number of pyridine rings is 1. The largest absolute Gasteiger partial charge is 0.483 e. The van der Waals surface area contributed by atoms with Crippen LogP contribution in [0.5, 0.6) is 0 Å². The maximum atomic E-state index is 12.6. The monoisotopic (exact) mass is 474 g/mol. The lowest BCUT2D eigenvalue weighted by Gasteiger charge is -2.42. The summed E-state index contributed by atoms with van der Waals surface area (Å²) in [6, 6.07) is 4.26. The molecule has 4 heterocycles. The van der Waals surface area contributed by atoms with Crippen LogP contribution in [-0.4, -0.2) is 111 Å². The van der Waals surface area contributed by atoms with Gasteiger partial charge in [0.25, 0.3) is 6.47 Å². The van der Waals surface area contributed by atoms with E-state index in [2.05, 4.69) is 24.9 Å². The number of piperazine rings is 1. The Hall–Kier alpha value is -2.89. The third-order valence-electron chi connectivity index (χ3n) is 6.34. The molecule has 0 saturated carbocycles. The van der Waals surface area contributed by atoms with Gasteiger partial charge in [0.15, 0.2) is 0 Å². The molecule has 11 nitrogen and oxygen atoms in total. The number of likely N-dealkylation sites (tertiary alicyclic amines) is 1. The SMILES string of the molecule is O=C(CCCc1nc(-c2ccncc2)no1)N1CCC(N2CCN(CCO)CC2)CC1.O=CO. The Bertz CT molecular complexity index is 864. The molecule has 0 aromatic carbocycles. The number of aliphatic hydroxyl groups excluding tert-OH is 1. The molecule has 2 aliphatic rings. The minimum absolute atomic E-state index is 0.222. The Morgan fingerprint density at radius 2 is 1.79 bits per heavy atom. The van der Waals surface area contributed by atoms with E-state index in [9.17, 15) is 4.79 Å². The third kappa shape index (κ3) is 7.57. The van der Waals surface area contributed by atoms with Crippen LogP contribution in [0.15, 0.2) is 29.0 Å². The number of β-amino-alcohol motifs (C(OH)–C–C–N with tert-alkyl or cyclic N) is 1. The zero-order valence-electron chi connectivity index (χ0n) is 19.5. The fourth-order valence-electron chi connectivity index (χ4n) is 4.50. The van der Waals surface area contributed by atoms with Crippen molar-refractivity contribution in [2.75, 3.05) is 52.4 Å². The zero-order valence-corrected chi connectivity index (χ0v) is 19.5. The molecule has 2 saturated heterocycles. The van der Waals surface area contributed by atoms with Gasteiger partial charge >= 0.3 is 0 Å². The third-order valence-corrected chi connectivity index (χ3v) is 6.34. The van der Waals surface area contributed by atoms with E-state index in [4.69, 9.17) is 19.5 Å². The number of aliphatic hydroxyl groups is 1. The number of amides is 1. The number of carboxylic acid groups (broad SMARTS) is 1. The molecule has 0 spiro atoms. The van der Waals surface area contributed by atoms with Gasteiger partial charge in [-0.15, -0.1) is 0 Å². The predicted octanol–water partition coefficient (Wildman–Crippen LogP) is 0.756. The normalized spacial score (nSPS) is 17.7. The van der Waals surface area contributed by atoms with Crippen molar-refractivity contribution in [3.05, 3.63) is 30.4 Å². The first-order valence-corrected chi connectivity index (χ1v) is 11.8. The molecule has 2 N–H and O–H groups in total. The number of piperidine rings is 1. The lowest BCUT2D eigenvalue weighted by molar-refractivity contribution is -0.133. The van der Waals surface area contributed by atoms with Crippen LogP contribution in [0.25, 0.3) is 11.4 Å². The summed E-state index contributed by atoms with van der Waals surface area (Å²) in [6.07, 6.45) is 7.32. The predicted molar refractivity (Wildman–Crippen MR) is 124 cm³/mol. The first-order chi connectivity index (χ1) is 16.6. The van der Waals surface area contributed by atoms with Crippen LogP contribution in [-0.2, 0) is 16.0 Å². The second kappa shape index (κ2) is 13.7. The number of carbonyl (C=O) groups excluding carboxylic acids is 1. The highest BCUT2D eigenvalue weighted by Crippen LogP contribution is 2.20. The van der Waals surface area contributed by atoms with Crippen molar-refractivity contribution >= 4 is 12.4 Å². The first-order valence-electron chi connectivity index (χ1n) is 11.8. The topological polar surface area (TPSA) is 136 Å². The van der Waals surface area contributed by atoms with Gasteiger partial charge < -0.3 is 19.6 Å².